The van der Waals surface area contributed by atoms with Crippen LogP contribution in [0, 0.1) is 6.92 Å². The third kappa shape index (κ3) is 4.76. The van der Waals surface area contributed by atoms with E-state index in [0.29, 0.717) is 42.9 Å². The van der Waals surface area contributed by atoms with Gasteiger partial charge in [-0.15, -0.1) is 11.8 Å². The van der Waals surface area contributed by atoms with Crippen molar-refractivity contribution in [1.29, 1.82) is 0 Å². The van der Waals surface area contributed by atoms with E-state index in [0.717, 1.165) is 19.3 Å². The lowest BCUT2D eigenvalue weighted by Crippen LogP contribution is -2.47. The third-order valence-corrected chi connectivity index (χ3v) is 9.90. The molecular weight excluding hydrogens is 466 g/mol. The van der Waals surface area contributed by atoms with Crippen LogP contribution in [0.15, 0.2) is 23.1 Å². The van der Waals surface area contributed by atoms with Crippen LogP contribution in [0.1, 0.15) is 44.6 Å². The Morgan fingerprint density at radius 3 is 2.70 bits per heavy atom. The van der Waals surface area contributed by atoms with Crippen molar-refractivity contribution in [2.24, 2.45) is 0 Å². The first-order valence-corrected chi connectivity index (χ1v) is 13.6. The van der Waals surface area contributed by atoms with Crippen LogP contribution < -0.4 is 5.32 Å². The normalized spacial score (nSPS) is 25.7. The molecule has 0 bridgehead atoms. The first-order chi connectivity index (χ1) is 15.6. The number of fused-ring (bicyclic) bond motifs is 1. The highest BCUT2D eigenvalue weighted by Gasteiger charge is 2.53. The van der Waals surface area contributed by atoms with E-state index >= 15 is 0 Å². The summed E-state index contributed by atoms with van der Waals surface area (Å²) in [5.41, 5.74) is 1.05. The van der Waals surface area contributed by atoms with E-state index in [9.17, 15) is 22.8 Å². The number of esters is 1. The topological polar surface area (TPSA) is 113 Å². The van der Waals surface area contributed by atoms with Gasteiger partial charge < -0.3 is 15.0 Å². The summed E-state index contributed by atoms with van der Waals surface area (Å²) >= 11 is 1.55. The van der Waals surface area contributed by atoms with Crippen LogP contribution in [-0.2, 0) is 29.1 Å². The van der Waals surface area contributed by atoms with Crippen LogP contribution in [0.4, 0.5) is 5.69 Å². The van der Waals surface area contributed by atoms with Crippen molar-refractivity contribution in [3.63, 3.8) is 0 Å². The minimum atomic E-state index is -3.64. The standard InChI is InChI=1S/C22H29N3O6S2/c1-15-6-7-16(33(29,30)24-10-4-3-5-11-24)12-17(15)23-19(26)13-31-21(28)18-14-32-22(2)9-8-20(27)25(18)22/h6-7,12,18H,3-5,8-11,13-14H2,1-2H3,(H,23,26)/t18-,22+/m0/s1. The Morgan fingerprint density at radius 1 is 1.24 bits per heavy atom. The number of carbonyl (C=O) groups is 3. The molecule has 0 radical (unpaired) electrons. The Morgan fingerprint density at radius 2 is 1.97 bits per heavy atom. The highest BCUT2D eigenvalue weighted by Crippen LogP contribution is 2.47. The van der Waals surface area contributed by atoms with Crippen LogP contribution in [0.25, 0.3) is 0 Å². The lowest BCUT2D eigenvalue weighted by molar-refractivity contribution is -0.155. The largest absolute Gasteiger partial charge is 0.454 e. The number of nitrogens with one attached hydrogen (secondary N) is 1. The van der Waals surface area contributed by atoms with Gasteiger partial charge in [-0.2, -0.15) is 4.31 Å². The number of carbonyl (C=O) groups excluding carboxylic acids is 3. The van der Waals surface area contributed by atoms with Gasteiger partial charge in [0.1, 0.15) is 6.04 Å². The van der Waals surface area contributed by atoms with Crippen molar-refractivity contribution >= 4 is 45.3 Å². The summed E-state index contributed by atoms with van der Waals surface area (Å²) in [5.74, 6) is -0.802. The average Bonchev–Trinajstić information content (AvgIpc) is 3.29. The average molecular weight is 496 g/mol. The fourth-order valence-electron chi connectivity index (χ4n) is 4.56. The van der Waals surface area contributed by atoms with Gasteiger partial charge in [0.25, 0.3) is 5.91 Å². The van der Waals surface area contributed by atoms with E-state index in [-0.39, 0.29) is 15.7 Å². The number of sulfonamides is 1. The number of rotatable bonds is 6. The minimum absolute atomic E-state index is 0.0729. The summed E-state index contributed by atoms with van der Waals surface area (Å²) in [6.45, 7) is 4.17. The van der Waals surface area contributed by atoms with E-state index in [2.05, 4.69) is 5.32 Å². The van der Waals surface area contributed by atoms with Crippen LogP contribution in [-0.4, -0.2) is 71.8 Å². The van der Waals surface area contributed by atoms with Gasteiger partial charge in [-0.05, 0) is 50.8 Å². The van der Waals surface area contributed by atoms with Crippen LogP contribution in [0.3, 0.4) is 0 Å². The molecule has 33 heavy (non-hydrogen) atoms. The lowest BCUT2D eigenvalue weighted by atomic mass is 10.2. The number of hydrogen-bond acceptors (Lipinski definition) is 7. The van der Waals surface area contributed by atoms with Crippen molar-refractivity contribution < 1.29 is 27.5 Å². The molecule has 0 spiro atoms. The highest BCUT2D eigenvalue weighted by molar-refractivity contribution is 8.01. The van der Waals surface area contributed by atoms with Crippen LogP contribution in [0.2, 0.25) is 0 Å². The highest BCUT2D eigenvalue weighted by atomic mass is 32.2. The Kier molecular flexibility index (Phi) is 6.75. The monoisotopic (exact) mass is 495 g/mol. The molecule has 3 aliphatic heterocycles. The van der Waals surface area contributed by atoms with E-state index in [1.54, 1.807) is 29.7 Å². The molecule has 180 valence electrons. The zero-order valence-corrected chi connectivity index (χ0v) is 20.5. The molecular formula is C22H29N3O6S2. The molecule has 0 unspecified atom stereocenters. The molecule has 0 aromatic heterocycles. The van der Waals surface area contributed by atoms with Gasteiger partial charge in [0.2, 0.25) is 15.9 Å². The summed E-state index contributed by atoms with van der Waals surface area (Å²) in [6.07, 6.45) is 3.79. The number of ether oxygens (including phenoxy) is 1. The molecule has 11 heteroatoms. The van der Waals surface area contributed by atoms with Gasteiger partial charge in [-0.1, -0.05) is 12.5 Å². The van der Waals surface area contributed by atoms with Crippen LogP contribution in [0.5, 0.6) is 0 Å². The molecule has 1 aromatic carbocycles. The molecule has 1 N–H and O–H groups in total. The van der Waals surface area contributed by atoms with Crippen molar-refractivity contribution in [2.45, 2.75) is 61.8 Å². The van der Waals surface area contributed by atoms with Crippen molar-refractivity contribution in [3.8, 4) is 0 Å². The fourth-order valence-corrected chi connectivity index (χ4v) is 7.53. The molecule has 0 saturated carbocycles. The minimum Gasteiger partial charge on any atom is -0.454 e. The molecule has 3 saturated heterocycles. The molecule has 2 amide bonds. The molecule has 3 aliphatic rings. The smallest absolute Gasteiger partial charge is 0.330 e. The quantitative estimate of drug-likeness (QED) is 0.602. The Balaban J connectivity index is 1.38. The van der Waals surface area contributed by atoms with E-state index in [4.69, 9.17) is 4.74 Å². The second kappa shape index (κ2) is 9.27. The Bertz CT molecular complexity index is 1070. The number of aryl methyl sites for hydroxylation is 1. The maximum absolute atomic E-state index is 13.0. The lowest BCUT2D eigenvalue weighted by Gasteiger charge is -2.29. The van der Waals surface area contributed by atoms with Crippen molar-refractivity contribution in [1.82, 2.24) is 9.21 Å². The summed E-state index contributed by atoms with van der Waals surface area (Å²) in [5, 5.41) is 2.65. The van der Waals surface area contributed by atoms with Crippen molar-refractivity contribution in [3.05, 3.63) is 23.8 Å². The number of hydrogen-bond donors (Lipinski definition) is 1. The first-order valence-electron chi connectivity index (χ1n) is 11.2. The second-order valence-corrected chi connectivity index (χ2v) is 12.3. The zero-order valence-electron chi connectivity index (χ0n) is 18.8. The van der Waals surface area contributed by atoms with Gasteiger partial charge >= 0.3 is 5.97 Å². The zero-order chi connectivity index (χ0) is 23.8. The molecule has 4 rings (SSSR count). The maximum Gasteiger partial charge on any atom is 0.330 e. The van der Waals surface area contributed by atoms with Crippen molar-refractivity contribution in [2.75, 3.05) is 30.8 Å². The van der Waals surface area contributed by atoms with E-state index < -0.39 is 34.5 Å². The van der Waals surface area contributed by atoms with E-state index in [1.807, 2.05) is 6.92 Å². The molecule has 2 atom stereocenters. The predicted molar refractivity (Wildman–Crippen MR) is 124 cm³/mol. The fraction of sp³-hybridized carbons (Fsp3) is 0.591. The second-order valence-electron chi connectivity index (χ2n) is 8.86. The SMILES string of the molecule is Cc1ccc(S(=O)(=O)N2CCCCC2)cc1NC(=O)COC(=O)[C@@H]1CS[C@]2(C)CCC(=O)N12. The van der Waals surface area contributed by atoms with Gasteiger partial charge in [0, 0.05) is 31.0 Å². The third-order valence-electron chi connectivity index (χ3n) is 6.50. The summed E-state index contributed by atoms with van der Waals surface area (Å²) in [7, 11) is -3.64. The van der Waals surface area contributed by atoms with Gasteiger partial charge in [-0.3, -0.25) is 9.59 Å². The molecule has 3 fully saturated rings. The summed E-state index contributed by atoms with van der Waals surface area (Å²) < 4.78 is 32.6. The Hall–Kier alpha value is -2.11. The van der Waals surface area contributed by atoms with Gasteiger partial charge in [-0.25, -0.2) is 13.2 Å². The first kappa shape index (κ1) is 24.0. The number of piperidine rings is 1. The summed E-state index contributed by atoms with van der Waals surface area (Å²) in [4.78, 5) is 38.5. The molecule has 1 aromatic rings. The van der Waals surface area contributed by atoms with Crippen LogP contribution >= 0.6 is 11.8 Å². The number of thioether (sulfide) groups is 1. The number of amides is 2. The van der Waals surface area contributed by atoms with Gasteiger partial charge in [0.05, 0.1) is 9.77 Å². The number of anilines is 1. The maximum atomic E-state index is 13.0. The molecule has 9 nitrogen and oxygen atoms in total. The summed E-state index contributed by atoms with van der Waals surface area (Å²) in [6, 6.07) is 3.94. The van der Waals surface area contributed by atoms with E-state index in [1.165, 1.54) is 16.4 Å². The molecule has 0 aliphatic carbocycles. The predicted octanol–water partition coefficient (Wildman–Crippen LogP) is 2.11. The number of nitrogens with zero attached hydrogens (tertiary/aromatic N) is 2. The molecule has 3 heterocycles. The Labute approximate surface area is 198 Å². The number of benzene rings is 1. The van der Waals surface area contributed by atoms with Gasteiger partial charge in [0.15, 0.2) is 6.61 Å².